The molecule has 1 unspecified atom stereocenters. The minimum Gasteiger partial charge on any atom is -0.461 e. The fraction of sp³-hybridized carbons (Fsp3) is 0.212. The van der Waals surface area contributed by atoms with Gasteiger partial charge in [0.1, 0.15) is 19.3 Å². The van der Waals surface area contributed by atoms with E-state index in [1.54, 1.807) is 17.8 Å². The molecule has 0 aliphatic heterocycles. The Morgan fingerprint density at radius 3 is 1.88 bits per heavy atom. The van der Waals surface area contributed by atoms with Gasteiger partial charge in [-0.05, 0) is 23.1 Å². The van der Waals surface area contributed by atoms with Crippen molar-refractivity contribution < 1.29 is 19.1 Å². The van der Waals surface area contributed by atoms with Crippen LogP contribution in [0.1, 0.15) is 30.0 Å². The Morgan fingerprint density at radius 1 is 0.738 bits per heavy atom. The lowest BCUT2D eigenvalue weighted by Crippen LogP contribution is -2.36. The van der Waals surface area contributed by atoms with E-state index in [9.17, 15) is 19.2 Å². The quantitative estimate of drug-likeness (QED) is 0.231. The second kappa shape index (κ2) is 12.6. The van der Waals surface area contributed by atoms with E-state index in [-0.39, 0.29) is 26.1 Å². The maximum atomic E-state index is 13.7. The maximum Gasteiger partial charge on any atom is 0.330 e. The van der Waals surface area contributed by atoms with Crippen LogP contribution in [0, 0.1) is 0 Å². The van der Waals surface area contributed by atoms with Crippen LogP contribution in [0.5, 0.6) is 0 Å². The van der Waals surface area contributed by atoms with E-state index >= 15 is 0 Å². The summed E-state index contributed by atoms with van der Waals surface area (Å²) in [5.41, 5.74) is 2.20. The third-order valence-corrected chi connectivity index (χ3v) is 7.21. The fourth-order valence-corrected chi connectivity index (χ4v) is 4.95. The number of aryl methyl sites for hydroxylation is 1. The number of fused-ring (bicyclic) bond motifs is 1. The van der Waals surface area contributed by atoms with Gasteiger partial charge in [0, 0.05) is 26.7 Å². The van der Waals surface area contributed by atoms with Gasteiger partial charge in [-0.1, -0.05) is 91.0 Å². The number of rotatable bonds is 10. The summed E-state index contributed by atoms with van der Waals surface area (Å²) in [4.78, 5) is 52.8. The van der Waals surface area contributed by atoms with Gasteiger partial charge in [-0.3, -0.25) is 18.7 Å². The molecule has 214 valence electrons. The molecule has 0 spiro atoms. The van der Waals surface area contributed by atoms with Crippen molar-refractivity contribution in [1.29, 1.82) is 0 Å². The molecule has 0 aliphatic rings. The molecular formula is C33H31N3O6. The summed E-state index contributed by atoms with van der Waals surface area (Å²) < 4.78 is 15.3. The molecule has 0 bridgehead atoms. The molecule has 0 saturated carbocycles. The van der Waals surface area contributed by atoms with Crippen LogP contribution >= 0.6 is 0 Å². The highest BCUT2D eigenvalue weighted by Crippen LogP contribution is 2.33. The summed E-state index contributed by atoms with van der Waals surface area (Å²) in [6, 6.07) is 26.8. The molecule has 0 aliphatic carbocycles. The molecular weight excluding hydrogens is 534 g/mol. The number of esters is 2. The molecule has 0 saturated heterocycles. The standard InChI is InChI=1S/C33H31N3O6/c1-34-27-20-36(30(25-16-10-5-11-17-25)29(27)31(38)35(2)33(34)40)26(32(39)42-22-24-14-8-4-9-15-24)18-19-28(37)41-21-23-12-6-3-7-13-23/h3-17,20,26H,18-19,21-22H2,1-2H3. The van der Waals surface area contributed by atoms with Crippen LogP contribution in [-0.4, -0.2) is 25.6 Å². The van der Waals surface area contributed by atoms with Crippen molar-refractivity contribution in [2.75, 3.05) is 0 Å². The van der Waals surface area contributed by atoms with Gasteiger partial charge in [0.2, 0.25) is 0 Å². The predicted octanol–water partition coefficient (Wildman–Crippen LogP) is 4.51. The molecule has 1 atom stereocenters. The van der Waals surface area contributed by atoms with E-state index in [0.29, 0.717) is 22.2 Å². The minimum atomic E-state index is -0.986. The second-order valence-corrected chi connectivity index (χ2v) is 10.0. The van der Waals surface area contributed by atoms with Gasteiger partial charge in [-0.25, -0.2) is 9.59 Å². The van der Waals surface area contributed by atoms with E-state index in [2.05, 4.69) is 0 Å². The van der Waals surface area contributed by atoms with Crippen molar-refractivity contribution >= 4 is 22.8 Å². The van der Waals surface area contributed by atoms with Crippen molar-refractivity contribution in [3.63, 3.8) is 0 Å². The number of nitrogens with zero attached hydrogens (tertiary/aromatic N) is 3. The van der Waals surface area contributed by atoms with Gasteiger partial charge < -0.3 is 14.0 Å². The van der Waals surface area contributed by atoms with Crippen LogP contribution in [0.4, 0.5) is 0 Å². The lowest BCUT2D eigenvalue weighted by Gasteiger charge is -2.21. The number of benzene rings is 3. The Hall–Kier alpha value is -5.18. The number of carbonyl (C=O) groups is 2. The molecule has 5 rings (SSSR count). The zero-order chi connectivity index (χ0) is 29.6. The largest absolute Gasteiger partial charge is 0.461 e. The number of ether oxygens (including phenoxy) is 2. The zero-order valence-electron chi connectivity index (χ0n) is 23.4. The van der Waals surface area contributed by atoms with Gasteiger partial charge in [-0.2, -0.15) is 0 Å². The Labute approximate surface area is 242 Å². The average Bonchev–Trinajstić information content (AvgIpc) is 3.43. The Kier molecular flexibility index (Phi) is 8.47. The number of aromatic nitrogens is 3. The Morgan fingerprint density at radius 2 is 1.29 bits per heavy atom. The molecule has 0 amide bonds. The van der Waals surface area contributed by atoms with E-state index in [0.717, 1.165) is 15.7 Å². The average molecular weight is 566 g/mol. The summed E-state index contributed by atoms with van der Waals surface area (Å²) in [5.74, 6) is -1.05. The van der Waals surface area contributed by atoms with E-state index in [1.807, 2.05) is 91.0 Å². The molecule has 9 heteroatoms. The van der Waals surface area contributed by atoms with E-state index in [4.69, 9.17) is 9.47 Å². The molecule has 5 aromatic rings. The first-order valence-electron chi connectivity index (χ1n) is 13.6. The van der Waals surface area contributed by atoms with Gasteiger partial charge >= 0.3 is 17.6 Å². The fourth-order valence-electron chi connectivity index (χ4n) is 4.95. The Bertz CT molecular complexity index is 1820. The smallest absolute Gasteiger partial charge is 0.330 e. The molecule has 0 radical (unpaired) electrons. The predicted molar refractivity (Wildman–Crippen MR) is 159 cm³/mol. The molecule has 0 fully saturated rings. The van der Waals surface area contributed by atoms with Crippen molar-refractivity contribution in [1.82, 2.24) is 13.7 Å². The molecule has 42 heavy (non-hydrogen) atoms. The van der Waals surface area contributed by atoms with Gasteiger partial charge in [0.15, 0.2) is 0 Å². The van der Waals surface area contributed by atoms with Crippen molar-refractivity contribution in [2.45, 2.75) is 32.1 Å². The summed E-state index contributed by atoms with van der Waals surface area (Å²) >= 11 is 0. The van der Waals surface area contributed by atoms with Crippen molar-refractivity contribution in [3.05, 3.63) is 129 Å². The first-order valence-corrected chi connectivity index (χ1v) is 13.6. The van der Waals surface area contributed by atoms with Crippen LogP contribution < -0.4 is 11.2 Å². The molecule has 2 heterocycles. The third-order valence-electron chi connectivity index (χ3n) is 7.21. The van der Waals surface area contributed by atoms with Crippen LogP contribution in [0.2, 0.25) is 0 Å². The molecule has 2 aromatic heterocycles. The number of hydrogen-bond donors (Lipinski definition) is 0. The Balaban J connectivity index is 1.54. The van der Waals surface area contributed by atoms with E-state index in [1.165, 1.54) is 11.6 Å². The van der Waals surface area contributed by atoms with Crippen LogP contribution in [0.25, 0.3) is 22.2 Å². The summed E-state index contributed by atoms with van der Waals surface area (Å²) in [6.45, 7) is 0.153. The highest BCUT2D eigenvalue weighted by Gasteiger charge is 2.29. The summed E-state index contributed by atoms with van der Waals surface area (Å²) in [7, 11) is 3.00. The lowest BCUT2D eigenvalue weighted by atomic mass is 10.1. The number of hydrogen-bond acceptors (Lipinski definition) is 6. The highest BCUT2D eigenvalue weighted by atomic mass is 16.5. The maximum absolute atomic E-state index is 13.7. The van der Waals surface area contributed by atoms with Gasteiger partial charge in [0.05, 0.1) is 16.6 Å². The molecule has 3 aromatic carbocycles. The van der Waals surface area contributed by atoms with Gasteiger partial charge in [0.25, 0.3) is 5.56 Å². The normalized spacial score (nSPS) is 11.8. The van der Waals surface area contributed by atoms with Crippen LogP contribution in [0.3, 0.4) is 0 Å². The topological polar surface area (TPSA) is 102 Å². The monoisotopic (exact) mass is 565 g/mol. The molecule has 9 nitrogen and oxygen atoms in total. The minimum absolute atomic E-state index is 0.0380. The SMILES string of the molecule is Cn1c(=O)c2c(-c3ccccc3)n(C(CCC(=O)OCc3ccccc3)C(=O)OCc3ccccc3)cc2n(C)c1=O. The summed E-state index contributed by atoms with van der Waals surface area (Å²) in [6.07, 6.45) is 1.60. The zero-order valence-corrected chi connectivity index (χ0v) is 23.4. The van der Waals surface area contributed by atoms with Crippen molar-refractivity contribution in [3.8, 4) is 11.3 Å². The third kappa shape index (κ3) is 5.95. The highest BCUT2D eigenvalue weighted by molar-refractivity contribution is 5.95. The van der Waals surface area contributed by atoms with Crippen molar-refractivity contribution in [2.24, 2.45) is 14.1 Å². The second-order valence-electron chi connectivity index (χ2n) is 10.0. The lowest BCUT2D eigenvalue weighted by molar-refractivity contribution is -0.150. The molecule has 0 N–H and O–H groups in total. The van der Waals surface area contributed by atoms with Crippen LogP contribution in [0.15, 0.2) is 107 Å². The summed E-state index contributed by atoms with van der Waals surface area (Å²) in [5, 5.41) is 0.290. The first-order chi connectivity index (χ1) is 20.3. The van der Waals surface area contributed by atoms with Gasteiger partial charge in [-0.15, -0.1) is 0 Å². The van der Waals surface area contributed by atoms with Crippen LogP contribution in [-0.2, 0) is 46.4 Å². The first kappa shape index (κ1) is 28.4. The van der Waals surface area contributed by atoms with E-state index < -0.39 is 29.2 Å². The number of carbonyl (C=O) groups excluding carboxylic acids is 2.